The first-order valence-corrected chi connectivity index (χ1v) is 9.70. The predicted octanol–water partition coefficient (Wildman–Crippen LogP) is 3.55. The molecule has 0 bridgehead atoms. The summed E-state index contributed by atoms with van der Waals surface area (Å²) in [5.41, 5.74) is 6.10. The van der Waals surface area contributed by atoms with Crippen molar-refractivity contribution in [1.82, 2.24) is 10.3 Å². The Bertz CT molecular complexity index is 649. The number of alkyl carbamates (subject to hydrolysis) is 1. The monoisotopic (exact) mass is 388 g/mol. The molecule has 0 spiro atoms. The number of guanidine groups is 1. The molecular formula is C20H32N6O2. The number of anilines is 1. The first-order chi connectivity index (χ1) is 13.3. The van der Waals surface area contributed by atoms with E-state index < -0.39 is 5.60 Å². The van der Waals surface area contributed by atoms with Crippen molar-refractivity contribution in [3.63, 3.8) is 0 Å². The Kier molecular flexibility index (Phi) is 10.4. The van der Waals surface area contributed by atoms with E-state index in [1.54, 1.807) is 24.5 Å². The van der Waals surface area contributed by atoms with Crippen LogP contribution in [0.2, 0.25) is 0 Å². The third kappa shape index (κ3) is 10.4. The topological polar surface area (TPSA) is 117 Å². The van der Waals surface area contributed by atoms with E-state index in [2.05, 4.69) is 15.3 Å². The minimum Gasteiger partial charge on any atom is -0.444 e. The quantitative estimate of drug-likeness (QED) is 0.208. The number of unbranched alkanes of at least 4 members (excludes halogenated alkanes) is 5. The summed E-state index contributed by atoms with van der Waals surface area (Å²) in [7, 11) is 0. The summed E-state index contributed by atoms with van der Waals surface area (Å²) in [5.74, 6) is 0.196. The second-order valence-corrected chi connectivity index (χ2v) is 7.43. The van der Waals surface area contributed by atoms with Gasteiger partial charge >= 0.3 is 6.09 Å². The van der Waals surface area contributed by atoms with Crippen LogP contribution in [-0.4, -0.2) is 35.7 Å². The number of nitriles is 1. The molecule has 0 saturated heterocycles. The van der Waals surface area contributed by atoms with Crippen LogP contribution in [0, 0.1) is 11.5 Å². The van der Waals surface area contributed by atoms with Gasteiger partial charge in [-0.1, -0.05) is 25.7 Å². The highest BCUT2D eigenvalue weighted by Gasteiger charge is 2.15. The van der Waals surface area contributed by atoms with Crippen LogP contribution in [0.3, 0.4) is 0 Å². The number of pyridine rings is 1. The summed E-state index contributed by atoms with van der Waals surface area (Å²) in [4.78, 5) is 21.0. The molecule has 28 heavy (non-hydrogen) atoms. The Hall–Kier alpha value is -2.82. The summed E-state index contributed by atoms with van der Waals surface area (Å²) in [5, 5.41) is 12.0. The highest BCUT2D eigenvalue weighted by atomic mass is 16.6. The van der Waals surface area contributed by atoms with E-state index in [9.17, 15) is 10.1 Å². The zero-order valence-electron chi connectivity index (χ0n) is 17.1. The van der Waals surface area contributed by atoms with Crippen LogP contribution in [0.1, 0.15) is 59.3 Å². The van der Waals surface area contributed by atoms with E-state index in [1.165, 1.54) is 4.90 Å². The fourth-order valence-electron chi connectivity index (χ4n) is 2.45. The second kappa shape index (κ2) is 12.5. The second-order valence-electron chi connectivity index (χ2n) is 7.43. The first kappa shape index (κ1) is 23.2. The van der Waals surface area contributed by atoms with Gasteiger partial charge in [0.15, 0.2) is 6.19 Å². The summed E-state index contributed by atoms with van der Waals surface area (Å²) >= 11 is 0. The van der Waals surface area contributed by atoms with Crippen molar-refractivity contribution in [3.8, 4) is 6.19 Å². The molecule has 0 aliphatic carbocycles. The maximum Gasteiger partial charge on any atom is 0.407 e. The smallest absolute Gasteiger partial charge is 0.407 e. The number of carbonyl (C=O) groups excluding carboxylic acids is 1. The largest absolute Gasteiger partial charge is 0.444 e. The molecule has 0 saturated carbocycles. The Balaban J connectivity index is 2.09. The van der Waals surface area contributed by atoms with Gasteiger partial charge in [-0.2, -0.15) is 5.26 Å². The minimum atomic E-state index is -0.460. The first-order valence-electron chi connectivity index (χ1n) is 9.70. The van der Waals surface area contributed by atoms with Gasteiger partial charge in [0.1, 0.15) is 5.60 Å². The Morgan fingerprint density at radius 3 is 2.43 bits per heavy atom. The number of ether oxygens (including phenoxy) is 1. The molecule has 154 valence electrons. The molecule has 1 aromatic heterocycles. The van der Waals surface area contributed by atoms with Crippen molar-refractivity contribution in [3.05, 3.63) is 24.5 Å². The molecule has 1 aromatic rings. The summed E-state index contributed by atoms with van der Waals surface area (Å²) in [6.07, 6.45) is 11.1. The van der Waals surface area contributed by atoms with Gasteiger partial charge in [-0.15, -0.1) is 0 Å². The van der Waals surface area contributed by atoms with Crippen molar-refractivity contribution in [2.45, 2.75) is 64.9 Å². The van der Waals surface area contributed by atoms with Gasteiger partial charge in [0.2, 0.25) is 5.96 Å². The average molecular weight is 389 g/mol. The van der Waals surface area contributed by atoms with Gasteiger partial charge in [-0.25, -0.2) is 9.69 Å². The third-order valence-corrected chi connectivity index (χ3v) is 3.78. The number of amides is 1. The van der Waals surface area contributed by atoms with Gasteiger partial charge in [-0.05, 0) is 45.7 Å². The molecule has 1 rings (SSSR count). The molecule has 0 atom stereocenters. The number of nitrogens with zero attached hydrogens (tertiary/aromatic N) is 4. The highest BCUT2D eigenvalue weighted by Crippen LogP contribution is 2.11. The lowest BCUT2D eigenvalue weighted by Crippen LogP contribution is -2.33. The number of rotatable bonds is 10. The maximum absolute atomic E-state index is 11.5. The van der Waals surface area contributed by atoms with Crippen molar-refractivity contribution in [1.29, 1.82) is 5.26 Å². The molecule has 8 heteroatoms. The standard InChI is InChI=1S/C20H32N6O2/c1-20(2,3)28-19(27)25-13-9-7-5-4-6-8-12-24-18(22)26(16-21)17-10-14-23-15-11-17/h10-11,14-15H,4-9,12-13H2,1-3H3,(H2,22,24)(H,25,27). The molecule has 8 nitrogen and oxygen atoms in total. The van der Waals surface area contributed by atoms with Crippen LogP contribution in [-0.2, 0) is 4.74 Å². The SMILES string of the molecule is CC(C)(C)OC(=O)NCCCCCCCCN=C(N)N(C#N)c1ccncc1. The molecule has 0 fully saturated rings. The fraction of sp³-hybridized carbons (Fsp3) is 0.600. The molecule has 0 unspecified atom stereocenters. The zero-order chi connectivity index (χ0) is 20.8. The lowest BCUT2D eigenvalue weighted by molar-refractivity contribution is 0.0527. The molecule has 0 aliphatic heterocycles. The lowest BCUT2D eigenvalue weighted by atomic mass is 10.1. The third-order valence-electron chi connectivity index (χ3n) is 3.78. The normalized spacial score (nSPS) is 11.6. The van der Waals surface area contributed by atoms with Crippen molar-refractivity contribution >= 4 is 17.7 Å². The highest BCUT2D eigenvalue weighted by molar-refractivity contribution is 5.97. The average Bonchev–Trinajstić information content (AvgIpc) is 2.63. The van der Waals surface area contributed by atoms with Gasteiger partial charge in [0, 0.05) is 25.5 Å². The van der Waals surface area contributed by atoms with Crippen LogP contribution < -0.4 is 16.0 Å². The van der Waals surface area contributed by atoms with Crippen LogP contribution in [0.5, 0.6) is 0 Å². The predicted molar refractivity (Wildman–Crippen MR) is 111 cm³/mol. The van der Waals surface area contributed by atoms with Crippen molar-refractivity contribution in [2.24, 2.45) is 10.7 Å². The Morgan fingerprint density at radius 2 is 1.82 bits per heavy atom. The summed E-state index contributed by atoms with van der Waals surface area (Å²) in [6, 6.07) is 3.42. The molecular weight excluding hydrogens is 356 g/mol. The molecule has 3 N–H and O–H groups in total. The number of aromatic nitrogens is 1. The van der Waals surface area contributed by atoms with Crippen LogP contribution in [0.25, 0.3) is 0 Å². The van der Waals surface area contributed by atoms with E-state index in [0.717, 1.165) is 38.5 Å². The molecule has 0 radical (unpaired) electrons. The van der Waals surface area contributed by atoms with E-state index in [4.69, 9.17) is 10.5 Å². The number of nitrogens with one attached hydrogen (secondary N) is 1. The summed E-state index contributed by atoms with van der Waals surface area (Å²) < 4.78 is 5.18. The lowest BCUT2D eigenvalue weighted by Gasteiger charge is -2.19. The molecule has 1 heterocycles. The Labute approximate surface area is 167 Å². The van der Waals surface area contributed by atoms with Crippen molar-refractivity contribution < 1.29 is 9.53 Å². The van der Waals surface area contributed by atoms with Crippen LogP contribution in [0.4, 0.5) is 10.5 Å². The molecule has 1 amide bonds. The number of hydrogen-bond acceptors (Lipinski definition) is 5. The van der Waals surface area contributed by atoms with Crippen LogP contribution in [0.15, 0.2) is 29.5 Å². The maximum atomic E-state index is 11.5. The van der Waals surface area contributed by atoms with Gasteiger partial charge in [0.25, 0.3) is 0 Å². The van der Waals surface area contributed by atoms with E-state index in [-0.39, 0.29) is 12.1 Å². The Morgan fingerprint density at radius 1 is 1.21 bits per heavy atom. The molecule has 0 aromatic carbocycles. The summed E-state index contributed by atoms with van der Waals surface area (Å²) in [6.45, 7) is 6.77. The fourth-order valence-corrected chi connectivity index (χ4v) is 2.45. The zero-order valence-corrected chi connectivity index (χ0v) is 17.1. The molecule has 0 aliphatic rings. The van der Waals surface area contributed by atoms with Crippen LogP contribution >= 0.6 is 0 Å². The van der Waals surface area contributed by atoms with E-state index in [0.29, 0.717) is 18.8 Å². The minimum absolute atomic E-state index is 0.196. The van der Waals surface area contributed by atoms with Gasteiger partial charge < -0.3 is 15.8 Å². The van der Waals surface area contributed by atoms with E-state index in [1.807, 2.05) is 27.0 Å². The van der Waals surface area contributed by atoms with Gasteiger partial charge in [0.05, 0.1) is 5.69 Å². The van der Waals surface area contributed by atoms with Gasteiger partial charge in [-0.3, -0.25) is 9.98 Å². The number of carbonyl (C=O) groups is 1. The van der Waals surface area contributed by atoms with Crippen molar-refractivity contribution in [2.75, 3.05) is 18.0 Å². The number of aliphatic imine (C=N–C) groups is 1. The van der Waals surface area contributed by atoms with E-state index >= 15 is 0 Å². The number of nitrogens with two attached hydrogens (primary N) is 1. The number of hydrogen-bond donors (Lipinski definition) is 2.